The molecule has 0 aromatic heterocycles. The summed E-state index contributed by atoms with van der Waals surface area (Å²) in [6, 6.07) is 6.03. The maximum atomic E-state index is 12.6. The molecule has 1 heterocycles. The minimum absolute atomic E-state index is 0.223. The first kappa shape index (κ1) is 17.2. The lowest BCUT2D eigenvalue weighted by Crippen LogP contribution is -2.39. The van der Waals surface area contributed by atoms with Gasteiger partial charge in [-0.15, -0.1) is 0 Å². The number of rotatable bonds is 6. The van der Waals surface area contributed by atoms with E-state index < -0.39 is 0 Å². The Balaban J connectivity index is 1.64. The Hall–Kier alpha value is -1.61. The van der Waals surface area contributed by atoms with Crippen molar-refractivity contribution in [3.63, 3.8) is 0 Å². The van der Waals surface area contributed by atoms with E-state index in [0.717, 1.165) is 35.1 Å². The van der Waals surface area contributed by atoms with Gasteiger partial charge in [-0.3, -0.25) is 4.79 Å². The number of Topliss-reactive ketones (excluding diaryl/α,β-unsaturated/α-hetero) is 1. The first-order chi connectivity index (χ1) is 11.7. The number of ether oxygens (including phenoxy) is 1. The van der Waals surface area contributed by atoms with Crippen LogP contribution in [0.4, 0.5) is 0 Å². The summed E-state index contributed by atoms with van der Waals surface area (Å²) in [6.45, 7) is 5.38. The van der Waals surface area contributed by atoms with Crippen LogP contribution in [0.3, 0.4) is 0 Å². The third-order valence-corrected chi connectivity index (χ3v) is 5.30. The summed E-state index contributed by atoms with van der Waals surface area (Å²) in [4.78, 5) is 15.2. The second-order valence-corrected chi connectivity index (χ2v) is 7.20. The van der Waals surface area contributed by atoms with Gasteiger partial charge >= 0.3 is 0 Å². The van der Waals surface area contributed by atoms with E-state index in [1.54, 1.807) is 7.11 Å². The van der Waals surface area contributed by atoms with E-state index in [1.807, 2.05) is 25.1 Å². The predicted octanol–water partition coefficient (Wildman–Crippen LogP) is 2.36. The molecule has 1 aromatic carbocycles. The molecule has 1 aliphatic carbocycles. The number of benzene rings is 1. The molecular formula is C21H29NO2. The number of likely N-dealkylation sites (tertiary alicyclic amines) is 1. The molecule has 3 rings (SSSR count). The van der Waals surface area contributed by atoms with Crippen LogP contribution in [0.1, 0.15) is 39.0 Å². The summed E-state index contributed by atoms with van der Waals surface area (Å²) in [6.07, 6.45) is 9.68. The van der Waals surface area contributed by atoms with Crippen LogP contribution in [0.15, 0.2) is 18.2 Å². The molecule has 0 N–H and O–H groups in total. The first-order valence-electron chi connectivity index (χ1n) is 9.25. The van der Waals surface area contributed by atoms with E-state index in [9.17, 15) is 4.79 Å². The minimum atomic E-state index is 0.223. The van der Waals surface area contributed by atoms with Gasteiger partial charge < -0.3 is 9.64 Å². The number of carbonyl (C=O) groups is 1. The Bertz CT molecular complexity index is 690. The van der Waals surface area contributed by atoms with Crippen LogP contribution in [0.2, 0.25) is 0 Å². The van der Waals surface area contributed by atoms with Gasteiger partial charge in [0.05, 0.1) is 7.11 Å². The second kappa shape index (κ2) is 7.98. The van der Waals surface area contributed by atoms with Crippen molar-refractivity contribution in [1.29, 1.82) is 0 Å². The Morgan fingerprint density at radius 3 is 2.83 bits per heavy atom. The number of hydrogen-bond donors (Lipinski definition) is 0. The fraction of sp³-hybridized carbons (Fsp3) is 0.571. The van der Waals surface area contributed by atoms with Crippen molar-refractivity contribution >= 4 is 17.9 Å². The molecule has 24 heavy (non-hydrogen) atoms. The maximum absolute atomic E-state index is 12.6. The smallest absolute Gasteiger partial charge is 0.141 e. The van der Waals surface area contributed by atoms with Crippen LogP contribution >= 0.6 is 0 Å². The topological polar surface area (TPSA) is 29.5 Å². The number of piperidine rings is 1. The molecule has 1 atom stereocenters. The second-order valence-electron chi connectivity index (χ2n) is 7.20. The average molecular weight is 327 g/mol. The summed E-state index contributed by atoms with van der Waals surface area (Å²) in [5, 5.41) is 2.25. The SMILES string of the molecule is C/C=c1/cc(OC)cc/c1=C/CC(=O)[C@H]1CCCN(CC2CC2)C1. The molecular weight excluding hydrogens is 298 g/mol. The molecule has 130 valence electrons. The highest BCUT2D eigenvalue weighted by Crippen LogP contribution is 2.31. The van der Waals surface area contributed by atoms with Crippen molar-refractivity contribution in [2.75, 3.05) is 26.7 Å². The largest absolute Gasteiger partial charge is 0.497 e. The molecule has 0 spiro atoms. The van der Waals surface area contributed by atoms with Gasteiger partial charge in [0.2, 0.25) is 0 Å². The van der Waals surface area contributed by atoms with Crippen molar-refractivity contribution in [2.45, 2.75) is 39.0 Å². The van der Waals surface area contributed by atoms with Crippen molar-refractivity contribution in [1.82, 2.24) is 4.90 Å². The number of ketones is 1. The molecule has 1 saturated carbocycles. The van der Waals surface area contributed by atoms with Gasteiger partial charge in [0.25, 0.3) is 0 Å². The van der Waals surface area contributed by atoms with Gasteiger partial charge in [-0.05, 0) is 67.6 Å². The fourth-order valence-electron chi connectivity index (χ4n) is 3.64. The highest BCUT2D eigenvalue weighted by atomic mass is 16.5. The zero-order chi connectivity index (χ0) is 16.9. The third-order valence-electron chi connectivity index (χ3n) is 5.30. The zero-order valence-corrected chi connectivity index (χ0v) is 15.0. The summed E-state index contributed by atoms with van der Waals surface area (Å²) >= 11 is 0. The molecule has 0 radical (unpaired) electrons. The highest BCUT2D eigenvalue weighted by Gasteiger charge is 2.29. The molecule has 2 fully saturated rings. The molecule has 1 aliphatic heterocycles. The lowest BCUT2D eigenvalue weighted by atomic mass is 9.91. The molecule has 0 amide bonds. The van der Waals surface area contributed by atoms with Crippen LogP contribution < -0.4 is 15.2 Å². The van der Waals surface area contributed by atoms with Crippen LogP contribution in [0.5, 0.6) is 5.75 Å². The molecule has 2 aliphatic rings. The summed E-state index contributed by atoms with van der Waals surface area (Å²) in [7, 11) is 1.68. The van der Waals surface area contributed by atoms with Gasteiger partial charge in [-0.1, -0.05) is 18.2 Å². The number of hydrogen-bond acceptors (Lipinski definition) is 3. The van der Waals surface area contributed by atoms with E-state index in [4.69, 9.17) is 4.74 Å². The average Bonchev–Trinajstić information content (AvgIpc) is 3.43. The third kappa shape index (κ3) is 4.47. The van der Waals surface area contributed by atoms with Gasteiger partial charge in [0.1, 0.15) is 11.5 Å². The number of carbonyl (C=O) groups excluding carboxylic acids is 1. The minimum Gasteiger partial charge on any atom is -0.497 e. The molecule has 0 unspecified atom stereocenters. The monoisotopic (exact) mass is 327 g/mol. The van der Waals surface area contributed by atoms with E-state index >= 15 is 0 Å². The Morgan fingerprint density at radius 2 is 2.12 bits per heavy atom. The van der Waals surface area contributed by atoms with E-state index in [0.29, 0.717) is 12.2 Å². The summed E-state index contributed by atoms with van der Waals surface area (Å²) < 4.78 is 5.27. The summed E-state index contributed by atoms with van der Waals surface area (Å²) in [5.41, 5.74) is 0. The van der Waals surface area contributed by atoms with Crippen molar-refractivity contribution in [3.8, 4) is 5.75 Å². The zero-order valence-electron chi connectivity index (χ0n) is 15.0. The predicted molar refractivity (Wildman–Crippen MR) is 98.4 cm³/mol. The maximum Gasteiger partial charge on any atom is 0.141 e. The molecule has 1 aromatic rings. The fourth-order valence-corrected chi connectivity index (χ4v) is 3.64. The number of nitrogens with zero attached hydrogens (tertiary/aromatic N) is 1. The lowest BCUT2D eigenvalue weighted by molar-refractivity contribution is -0.123. The van der Waals surface area contributed by atoms with Crippen LogP contribution in [-0.4, -0.2) is 37.4 Å². The standard InChI is InChI=1S/C21H29NO2/c1-3-17-13-20(24-2)10-8-18(17)9-11-21(23)19-5-4-12-22(15-19)14-16-6-7-16/h3,8-10,13,16,19H,4-7,11-12,14-15H2,1-2H3/b17-3-,18-9-/t19-/m0/s1. The van der Waals surface area contributed by atoms with Gasteiger partial charge in [0.15, 0.2) is 0 Å². The molecule has 1 saturated heterocycles. The van der Waals surface area contributed by atoms with Gasteiger partial charge in [-0.25, -0.2) is 0 Å². The quantitative estimate of drug-likeness (QED) is 0.803. The van der Waals surface area contributed by atoms with Crippen LogP contribution in [0.25, 0.3) is 12.2 Å². The highest BCUT2D eigenvalue weighted by molar-refractivity contribution is 5.85. The van der Waals surface area contributed by atoms with E-state index in [-0.39, 0.29) is 5.92 Å². The van der Waals surface area contributed by atoms with E-state index in [2.05, 4.69) is 17.1 Å². The van der Waals surface area contributed by atoms with Crippen molar-refractivity contribution in [2.24, 2.45) is 11.8 Å². The molecule has 3 nitrogen and oxygen atoms in total. The van der Waals surface area contributed by atoms with Crippen molar-refractivity contribution in [3.05, 3.63) is 28.6 Å². The number of methoxy groups -OCH3 is 1. The lowest BCUT2D eigenvalue weighted by Gasteiger charge is -2.31. The van der Waals surface area contributed by atoms with Crippen LogP contribution in [-0.2, 0) is 4.79 Å². The summed E-state index contributed by atoms with van der Waals surface area (Å²) in [5.74, 6) is 2.39. The Labute approximate surface area is 145 Å². The van der Waals surface area contributed by atoms with Gasteiger partial charge in [-0.2, -0.15) is 0 Å². The van der Waals surface area contributed by atoms with Crippen molar-refractivity contribution < 1.29 is 9.53 Å². The van der Waals surface area contributed by atoms with Gasteiger partial charge in [0, 0.05) is 25.4 Å². The van der Waals surface area contributed by atoms with Crippen LogP contribution in [0, 0.1) is 11.8 Å². The Kier molecular flexibility index (Phi) is 5.72. The first-order valence-corrected chi connectivity index (χ1v) is 9.25. The van der Waals surface area contributed by atoms with E-state index in [1.165, 1.54) is 32.4 Å². The molecule has 3 heteroatoms. The normalized spacial score (nSPS) is 23.5. The Morgan fingerprint density at radius 1 is 1.29 bits per heavy atom. The molecule has 0 bridgehead atoms.